The summed E-state index contributed by atoms with van der Waals surface area (Å²) in [5, 5.41) is 7.69. The second-order valence-corrected chi connectivity index (χ2v) is 4.19. The molecule has 0 radical (unpaired) electrons. The lowest BCUT2D eigenvalue weighted by Crippen LogP contribution is -2.14. The second kappa shape index (κ2) is 5.09. The number of nitrogens with one attached hydrogen (secondary N) is 1. The van der Waals surface area contributed by atoms with Crippen molar-refractivity contribution in [2.75, 3.05) is 0 Å². The van der Waals surface area contributed by atoms with Gasteiger partial charge in [0.25, 0.3) is 0 Å². The molecule has 0 amide bonds. The van der Waals surface area contributed by atoms with Crippen LogP contribution in [0.5, 0.6) is 0 Å². The Labute approximate surface area is 93.8 Å². The quantitative estimate of drug-likeness (QED) is 0.839. The van der Waals surface area contributed by atoms with Crippen molar-refractivity contribution in [3.8, 4) is 0 Å². The number of hydrogen-bond acceptors (Lipinski definition) is 3. The van der Waals surface area contributed by atoms with Crippen molar-refractivity contribution in [1.29, 1.82) is 0 Å². The lowest BCUT2D eigenvalue weighted by molar-refractivity contribution is 0.629. The molecule has 2 aromatic rings. The predicted octanol–water partition coefficient (Wildman–Crippen LogP) is 2.25. The highest BCUT2D eigenvalue weighted by Crippen LogP contribution is 2.05. The molecule has 2 aromatic heterocycles. The maximum Gasteiger partial charge on any atom is 0.0948 e. The lowest BCUT2D eigenvalue weighted by Gasteiger charge is -2.05. The number of imidazole rings is 1. The summed E-state index contributed by atoms with van der Waals surface area (Å²) in [6.07, 6.45) is 3.80. The lowest BCUT2D eigenvalue weighted by atomic mass is 10.3. The zero-order valence-electron chi connectivity index (χ0n) is 8.81. The maximum atomic E-state index is 4.13. The summed E-state index contributed by atoms with van der Waals surface area (Å²) >= 11 is 1.74. The molecular weight excluding hydrogens is 206 g/mol. The maximum absolute atomic E-state index is 4.13. The molecule has 0 unspecified atom stereocenters. The molecule has 0 aromatic carbocycles. The highest BCUT2D eigenvalue weighted by atomic mass is 32.1. The van der Waals surface area contributed by atoms with Gasteiger partial charge >= 0.3 is 0 Å². The second-order valence-electron chi connectivity index (χ2n) is 3.41. The Morgan fingerprint density at radius 2 is 2.40 bits per heavy atom. The molecule has 0 aliphatic heterocycles. The molecule has 0 aliphatic carbocycles. The van der Waals surface area contributed by atoms with Gasteiger partial charge in [-0.05, 0) is 29.3 Å². The summed E-state index contributed by atoms with van der Waals surface area (Å²) in [4.78, 5) is 4.13. The Hall–Kier alpha value is -1.13. The number of aryl methyl sites for hydroxylation is 1. The topological polar surface area (TPSA) is 29.9 Å². The fourth-order valence-corrected chi connectivity index (χ4v) is 2.18. The van der Waals surface area contributed by atoms with E-state index in [0.29, 0.717) is 0 Å². The summed E-state index contributed by atoms with van der Waals surface area (Å²) in [6, 6.07) is 2.15. The van der Waals surface area contributed by atoms with Gasteiger partial charge in [0.2, 0.25) is 0 Å². The molecule has 80 valence electrons. The van der Waals surface area contributed by atoms with E-state index in [1.165, 1.54) is 11.3 Å². The van der Waals surface area contributed by atoms with Crippen molar-refractivity contribution in [1.82, 2.24) is 14.9 Å². The summed E-state index contributed by atoms with van der Waals surface area (Å²) in [5.41, 5.74) is 2.59. The van der Waals surface area contributed by atoms with Gasteiger partial charge in [-0.3, -0.25) is 0 Å². The zero-order chi connectivity index (χ0) is 10.5. The van der Waals surface area contributed by atoms with E-state index in [0.717, 1.165) is 19.6 Å². The van der Waals surface area contributed by atoms with Gasteiger partial charge in [-0.15, -0.1) is 0 Å². The number of thiophene rings is 1. The van der Waals surface area contributed by atoms with E-state index < -0.39 is 0 Å². The Balaban J connectivity index is 1.83. The van der Waals surface area contributed by atoms with E-state index in [1.807, 2.05) is 12.5 Å². The van der Waals surface area contributed by atoms with Gasteiger partial charge in [-0.25, -0.2) is 4.98 Å². The Morgan fingerprint density at radius 3 is 3.13 bits per heavy atom. The molecule has 2 heterocycles. The molecule has 2 rings (SSSR count). The van der Waals surface area contributed by atoms with Gasteiger partial charge in [-0.1, -0.05) is 0 Å². The minimum absolute atomic E-state index is 0.879. The van der Waals surface area contributed by atoms with Crippen LogP contribution in [0.3, 0.4) is 0 Å². The first-order valence-corrected chi connectivity index (χ1v) is 6.05. The fraction of sp³-hybridized carbons (Fsp3) is 0.364. The van der Waals surface area contributed by atoms with Crippen LogP contribution in [-0.2, 0) is 19.6 Å². The first-order valence-electron chi connectivity index (χ1n) is 5.11. The minimum Gasteiger partial charge on any atom is -0.334 e. The van der Waals surface area contributed by atoms with Crippen LogP contribution in [0, 0.1) is 0 Å². The summed E-state index contributed by atoms with van der Waals surface area (Å²) < 4.78 is 2.15. The third-order valence-corrected chi connectivity index (χ3v) is 3.09. The number of rotatable bonds is 5. The number of aromatic nitrogens is 2. The summed E-state index contributed by atoms with van der Waals surface area (Å²) in [5.74, 6) is 0. The van der Waals surface area contributed by atoms with Crippen LogP contribution >= 0.6 is 11.3 Å². The van der Waals surface area contributed by atoms with E-state index in [9.17, 15) is 0 Å². The van der Waals surface area contributed by atoms with Crippen molar-refractivity contribution in [3.63, 3.8) is 0 Å². The SMILES string of the molecule is CCn1cncc1CNCc1ccsc1. The minimum atomic E-state index is 0.879. The molecule has 0 saturated carbocycles. The number of nitrogens with zero attached hydrogens (tertiary/aromatic N) is 2. The largest absolute Gasteiger partial charge is 0.334 e. The highest BCUT2D eigenvalue weighted by molar-refractivity contribution is 7.07. The van der Waals surface area contributed by atoms with Crippen LogP contribution in [0.1, 0.15) is 18.2 Å². The third kappa shape index (κ3) is 2.67. The van der Waals surface area contributed by atoms with Crippen molar-refractivity contribution < 1.29 is 0 Å². The molecule has 15 heavy (non-hydrogen) atoms. The van der Waals surface area contributed by atoms with Crippen LogP contribution in [0.25, 0.3) is 0 Å². The number of hydrogen-bond donors (Lipinski definition) is 1. The molecule has 0 saturated heterocycles. The molecule has 0 fully saturated rings. The van der Waals surface area contributed by atoms with E-state index in [1.54, 1.807) is 11.3 Å². The van der Waals surface area contributed by atoms with Gasteiger partial charge < -0.3 is 9.88 Å². The monoisotopic (exact) mass is 221 g/mol. The average molecular weight is 221 g/mol. The normalized spacial score (nSPS) is 10.7. The molecule has 4 heteroatoms. The van der Waals surface area contributed by atoms with E-state index in [2.05, 4.69) is 38.6 Å². The zero-order valence-corrected chi connectivity index (χ0v) is 9.63. The molecule has 0 spiro atoms. The van der Waals surface area contributed by atoms with Crippen LogP contribution in [0.4, 0.5) is 0 Å². The predicted molar refractivity (Wildman–Crippen MR) is 62.8 cm³/mol. The van der Waals surface area contributed by atoms with Gasteiger partial charge in [0.15, 0.2) is 0 Å². The first-order chi connectivity index (χ1) is 7.40. The molecule has 3 nitrogen and oxygen atoms in total. The Morgan fingerprint density at radius 1 is 1.47 bits per heavy atom. The summed E-state index contributed by atoms with van der Waals surface area (Å²) in [6.45, 7) is 4.92. The highest BCUT2D eigenvalue weighted by Gasteiger charge is 1.99. The van der Waals surface area contributed by atoms with Crippen molar-refractivity contribution in [2.24, 2.45) is 0 Å². The molecule has 1 N–H and O–H groups in total. The van der Waals surface area contributed by atoms with E-state index in [-0.39, 0.29) is 0 Å². The smallest absolute Gasteiger partial charge is 0.0948 e. The van der Waals surface area contributed by atoms with Gasteiger partial charge in [0.05, 0.1) is 12.0 Å². The van der Waals surface area contributed by atoms with Crippen molar-refractivity contribution in [3.05, 3.63) is 40.6 Å². The molecule has 0 aliphatic rings. The standard InChI is InChI=1S/C11H15N3S/c1-2-14-9-13-7-11(14)6-12-5-10-3-4-15-8-10/h3-4,7-9,12H,2,5-6H2,1H3. The third-order valence-electron chi connectivity index (χ3n) is 2.35. The Kier molecular flexibility index (Phi) is 3.53. The van der Waals surface area contributed by atoms with Crippen LogP contribution in [-0.4, -0.2) is 9.55 Å². The van der Waals surface area contributed by atoms with Crippen molar-refractivity contribution >= 4 is 11.3 Å². The van der Waals surface area contributed by atoms with E-state index in [4.69, 9.17) is 0 Å². The van der Waals surface area contributed by atoms with Gasteiger partial charge in [0, 0.05) is 25.8 Å². The molecule has 0 atom stereocenters. The van der Waals surface area contributed by atoms with Gasteiger partial charge in [0.1, 0.15) is 0 Å². The van der Waals surface area contributed by atoms with Crippen molar-refractivity contribution in [2.45, 2.75) is 26.6 Å². The fourth-order valence-electron chi connectivity index (χ4n) is 1.51. The first kappa shape index (κ1) is 10.4. The molecular formula is C11H15N3S. The average Bonchev–Trinajstić information content (AvgIpc) is 2.88. The van der Waals surface area contributed by atoms with Crippen LogP contribution in [0.15, 0.2) is 29.4 Å². The van der Waals surface area contributed by atoms with E-state index >= 15 is 0 Å². The molecule has 0 bridgehead atoms. The van der Waals surface area contributed by atoms with Gasteiger partial charge in [-0.2, -0.15) is 11.3 Å². The van der Waals surface area contributed by atoms with Crippen LogP contribution in [0.2, 0.25) is 0 Å². The van der Waals surface area contributed by atoms with Crippen LogP contribution < -0.4 is 5.32 Å². The summed E-state index contributed by atoms with van der Waals surface area (Å²) in [7, 11) is 0. The Bertz CT molecular complexity index is 392.